The Kier molecular flexibility index (Phi) is 8.67. The van der Waals surface area contributed by atoms with Crippen LogP contribution in [0.2, 0.25) is 0 Å². The number of likely N-dealkylation sites (tertiary alicyclic amines) is 1. The average Bonchev–Trinajstić information content (AvgIpc) is 2.81. The van der Waals surface area contributed by atoms with Crippen molar-refractivity contribution in [2.45, 2.75) is 44.6 Å². The largest absolute Gasteiger partial charge is 0.326 e. The van der Waals surface area contributed by atoms with Gasteiger partial charge in [0, 0.05) is 19.1 Å². The number of aromatic nitrogens is 2. The molecule has 27 heavy (non-hydrogen) atoms. The number of halogens is 2. The van der Waals surface area contributed by atoms with Gasteiger partial charge >= 0.3 is 5.69 Å². The van der Waals surface area contributed by atoms with Crippen molar-refractivity contribution in [2.75, 3.05) is 32.7 Å². The van der Waals surface area contributed by atoms with Crippen molar-refractivity contribution in [1.82, 2.24) is 19.8 Å². The van der Waals surface area contributed by atoms with Gasteiger partial charge in [0.25, 0.3) is 0 Å². The summed E-state index contributed by atoms with van der Waals surface area (Å²) in [7, 11) is 0. The Morgan fingerprint density at radius 2 is 1.78 bits per heavy atom. The van der Waals surface area contributed by atoms with Gasteiger partial charge in [-0.25, -0.2) is 4.79 Å². The second-order valence-corrected chi connectivity index (χ2v) is 7.73. The molecule has 2 aliphatic heterocycles. The van der Waals surface area contributed by atoms with Crippen molar-refractivity contribution in [2.24, 2.45) is 5.92 Å². The van der Waals surface area contributed by atoms with E-state index in [2.05, 4.69) is 21.3 Å². The Morgan fingerprint density at radius 3 is 2.59 bits per heavy atom. The van der Waals surface area contributed by atoms with Gasteiger partial charge in [-0.05, 0) is 76.2 Å². The van der Waals surface area contributed by atoms with Gasteiger partial charge in [-0.2, -0.15) is 0 Å². The van der Waals surface area contributed by atoms with E-state index in [0.29, 0.717) is 6.04 Å². The summed E-state index contributed by atoms with van der Waals surface area (Å²) in [5.74, 6) is 0.893. The van der Waals surface area contributed by atoms with E-state index in [1.807, 2.05) is 22.8 Å². The molecule has 2 aromatic rings. The van der Waals surface area contributed by atoms with E-state index in [1.165, 1.54) is 45.3 Å². The Morgan fingerprint density at radius 1 is 1.00 bits per heavy atom. The number of imidazole rings is 1. The number of nitrogens with one attached hydrogen (secondary N) is 2. The molecule has 3 heterocycles. The molecule has 7 heteroatoms. The molecule has 0 saturated carbocycles. The van der Waals surface area contributed by atoms with Crippen LogP contribution in [-0.2, 0) is 0 Å². The quantitative estimate of drug-likeness (QED) is 0.803. The summed E-state index contributed by atoms with van der Waals surface area (Å²) in [6.07, 6.45) is 7.53. The van der Waals surface area contributed by atoms with Crippen LogP contribution in [0.5, 0.6) is 0 Å². The maximum atomic E-state index is 12.4. The molecule has 152 valence electrons. The highest BCUT2D eigenvalue weighted by Gasteiger charge is 2.24. The number of benzene rings is 1. The number of fused-ring (bicyclic) bond motifs is 1. The molecular weight excluding hydrogens is 383 g/mol. The summed E-state index contributed by atoms with van der Waals surface area (Å²) < 4.78 is 1.99. The number of H-pyrrole nitrogens is 1. The highest BCUT2D eigenvalue weighted by atomic mass is 35.5. The SMILES string of the molecule is Cl.Cl.O=c1[nH]c2ccccc2n1C1CCN(CC[C@@H]2CCCNCC2)CC1. The van der Waals surface area contributed by atoms with Crippen molar-refractivity contribution >= 4 is 35.8 Å². The molecular formula is C20H32Cl2N4O. The summed E-state index contributed by atoms with van der Waals surface area (Å²) in [4.78, 5) is 18.0. The van der Waals surface area contributed by atoms with E-state index in [-0.39, 0.29) is 30.5 Å². The van der Waals surface area contributed by atoms with Gasteiger partial charge in [-0.1, -0.05) is 12.1 Å². The number of para-hydroxylation sites is 2. The van der Waals surface area contributed by atoms with Crippen LogP contribution in [0.4, 0.5) is 0 Å². The molecule has 0 amide bonds. The molecule has 0 bridgehead atoms. The molecule has 2 fully saturated rings. The summed E-state index contributed by atoms with van der Waals surface area (Å²) >= 11 is 0. The Balaban J connectivity index is 0.00000131. The molecule has 1 aromatic carbocycles. The zero-order valence-electron chi connectivity index (χ0n) is 15.9. The number of aromatic amines is 1. The van der Waals surface area contributed by atoms with E-state index in [0.717, 1.165) is 42.9 Å². The first-order chi connectivity index (χ1) is 12.3. The third-order valence-electron chi connectivity index (χ3n) is 6.10. The van der Waals surface area contributed by atoms with Gasteiger partial charge < -0.3 is 15.2 Å². The predicted molar refractivity (Wildman–Crippen MR) is 117 cm³/mol. The van der Waals surface area contributed by atoms with E-state index >= 15 is 0 Å². The van der Waals surface area contributed by atoms with Crippen LogP contribution in [0, 0.1) is 5.92 Å². The monoisotopic (exact) mass is 414 g/mol. The fourth-order valence-corrected chi connectivity index (χ4v) is 4.58. The van der Waals surface area contributed by atoms with Crippen LogP contribution in [0.25, 0.3) is 11.0 Å². The molecule has 4 rings (SSSR count). The molecule has 5 nitrogen and oxygen atoms in total. The normalized spacial score (nSPS) is 22.0. The van der Waals surface area contributed by atoms with Crippen molar-refractivity contribution in [3.05, 3.63) is 34.7 Å². The van der Waals surface area contributed by atoms with Gasteiger partial charge in [0.05, 0.1) is 11.0 Å². The number of nitrogens with zero attached hydrogens (tertiary/aromatic N) is 2. The van der Waals surface area contributed by atoms with Gasteiger partial charge in [0.1, 0.15) is 0 Å². The number of hydrogen-bond acceptors (Lipinski definition) is 3. The molecule has 0 aliphatic carbocycles. The minimum Gasteiger partial charge on any atom is -0.317 e. The third kappa shape index (κ3) is 5.29. The first-order valence-corrected chi connectivity index (χ1v) is 9.93. The maximum absolute atomic E-state index is 12.4. The van der Waals surface area contributed by atoms with Crippen LogP contribution in [0.3, 0.4) is 0 Å². The van der Waals surface area contributed by atoms with Gasteiger partial charge in [0.15, 0.2) is 0 Å². The molecule has 0 unspecified atom stereocenters. The van der Waals surface area contributed by atoms with Crippen LogP contribution in [0.1, 0.15) is 44.6 Å². The molecule has 1 aromatic heterocycles. The second-order valence-electron chi connectivity index (χ2n) is 7.73. The molecule has 1 atom stereocenters. The topological polar surface area (TPSA) is 53.1 Å². The highest BCUT2D eigenvalue weighted by Crippen LogP contribution is 2.26. The second kappa shape index (κ2) is 10.5. The third-order valence-corrected chi connectivity index (χ3v) is 6.10. The lowest BCUT2D eigenvalue weighted by Crippen LogP contribution is -2.38. The molecule has 0 spiro atoms. The zero-order chi connectivity index (χ0) is 17.1. The van der Waals surface area contributed by atoms with Gasteiger partial charge in [-0.15, -0.1) is 24.8 Å². The average molecular weight is 415 g/mol. The first kappa shape index (κ1) is 22.3. The van der Waals surface area contributed by atoms with Crippen molar-refractivity contribution in [1.29, 1.82) is 0 Å². The Labute approximate surface area is 173 Å². The lowest BCUT2D eigenvalue weighted by atomic mass is 9.96. The van der Waals surface area contributed by atoms with Crippen molar-refractivity contribution in [3.8, 4) is 0 Å². The summed E-state index contributed by atoms with van der Waals surface area (Å²) in [5.41, 5.74) is 2.06. The Hall–Kier alpha value is -1.01. The molecule has 0 radical (unpaired) electrons. The maximum Gasteiger partial charge on any atom is 0.326 e. The summed E-state index contributed by atoms with van der Waals surface area (Å²) in [6, 6.07) is 8.38. The molecule has 2 aliphatic rings. The fourth-order valence-electron chi connectivity index (χ4n) is 4.58. The smallest absolute Gasteiger partial charge is 0.317 e. The molecule has 2 N–H and O–H groups in total. The zero-order valence-corrected chi connectivity index (χ0v) is 17.5. The van der Waals surface area contributed by atoms with Crippen LogP contribution in [0.15, 0.2) is 29.1 Å². The number of piperidine rings is 1. The van der Waals surface area contributed by atoms with Crippen LogP contribution < -0.4 is 11.0 Å². The van der Waals surface area contributed by atoms with Crippen LogP contribution in [-0.4, -0.2) is 47.2 Å². The number of hydrogen-bond donors (Lipinski definition) is 2. The van der Waals surface area contributed by atoms with E-state index < -0.39 is 0 Å². The van der Waals surface area contributed by atoms with Gasteiger partial charge in [-0.3, -0.25) is 4.57 Å². The lowest BCUT2D eigenvalue weighted by Gasteiger charge is -2.33. The summed E-state index contributed by atoms with van der Waals surface area (Å²) in [6.45, 7) is 5.83. The van der Waals surface area contributed by atoms with E-state index in [4.69, 9.17) is 0 Å². The highest BCUT2D eigenvalue weighted by molar-refractivity contribution is 5.85. The summed E-state index contributed by atoms with van der Waals surface area (Å²) in [5, 5.41) is 3.51. The minimum absolute atomic E-state index is 0. The van der Waals surface area contributed by atoms with E-state index in [1.54, 1.807) is 0 Å². The Bertz CT molecular complexity index is 744. The van der Waals surface area contributed by atoms with E-state index in [9.17, 15) is 4.79 Å². The minimum atomic E-state index is 0. The first-order valence-electron chi connectivity index (χ1n) is 9.93. The van der Waals surface area contributed by atoms with Crippen molar-refractivity contribution < 1.29 is 0 Å². The van der Waals surface area contributed by atoms with Gasteiger partial charge in [0.2, 0.25) is 0 Å². The number of rotatable bonds is 4. The lowest BCUT2D eigenvalue weighted by molar-refractivity contribution is 0.174. The predicted octanol–water partition coefficient (Wildman–Crippen LogP) is 3.59. The van der Waals surface area contributed by atoms with Crippen molar-refractivity contribution in [3.63, 3.8) is 0 Å². The molecule has 2 saturated heterocycles. The standard InChI is InChI=1S/C20H30N4O.2ClH/c25-20-22-18-5-1-2-6-19(18)24(20)17-9-14-23(15-10-17)13-8-16-4-3-11-21-12-7-16;;/h1-2,5-6,16-17,21H,3-4,7-15H2,(H,22,25);2*1H/t16-;;/m1../s1. The van der Waals surface area contributed by atoms with Crippen LogP contribution >= 0.6 is 24.8 Å². The fraction of sp³-hybridized carbons (Fsp3) is 0.650.